The van der Waals surface area contributed by atoms with E-state index in [-0.39, 0.29) is 5.91 Å². The summed E-state index contributed by atoms with van der Waals surface area (Å²) in [5.74, 6) is 2.23. The molecule has 0 aromatic carbocycles. The summed E-state index contributed by atoms with van der Waals surface area (Å²) in [7, 11) is 0. The van der Waals surface area contributed by atoms with Crippen molar-refractivity contribution in [3.05, 3.63) is 11.7 Å². The molecular formula is C16H25N5O2. The van der Waals surface area contributed by atoms with Crippen molar-refractivity contribution in [2.75, 3.05) is 19.6 Å². The van der Waals surface area contributed by atoms with E-state index in [1.807, 2.05) is 0 Å². The SMILES string of the molecule is O=C(CNC1CCCN(Cc2noc(C3CC3)n2)C1)NC1CC1. The molecule has 1 saturated heterocycles. The lowest BCUT2D eigenvalue weighted by atomic mass is 10.1. The minimum Gasteiger partial charge on any atom is -0.352 e. The fourth-order valence-electron chi connectivity index (χ4n) is 3.14. The van der Waals surface area contributed by atoms with Crippen LogP contribution in [0.4, 0.5) is 0 Å². The van der Waals surface area contributed by atoms with Crippen molar-refractivity contribution in [1.82, 2.24) is 25.7 Å². The van der Waals surface area contributed by atoms with Crippen LogP contribution in [-0.4, -0.2) is 52.7 Å². The molecule has 1 amide bonds. The van der Waals surface area contributed by atoms with Crippen LogP contribution in [0.3, 0.4) is 0 Å². The largest absolute Gasteiger partial charge is 0.352 e. The van der Waals surface area contributed by atoms with E-state index in [0.29, 0.717) is 24.5 Å². The number of carbonyl (C=O) groups is 1. The Morgan fingerprint density at radius 3 is 2.87 bits per heavy atom. The van der Waals surface area contributed by atoms with E-state index in [2.05, 4.69) is 25.7 Å². The maximum atomic E-state index is 11.8. The highest BCUT2D eigenvalue weighted by atomic mass is 16.5. The fraction of sp³-hybridized carbons (Fsp3) is 0.812. The van der Waals surface area contributed by atoms with Crippen LogP contribution >= 0.6 is 0 Å². The lowest BCUT2D eigenvalue weighted by molar-refractivity contribution is -0.120. The second-order valence-corrected chi connectivity index (χ2v) is 7.12. The highest BCUT2D eigenvalue weighted by Crippen LogP contribution is 2.38. The van der Waals surface area contributed by atoms with Gasteiger partial charge >= 0.3 is 0 Å². The topological polar surface area (TPSA) is 83.3 Å². The molecule has 7 heteroatoms. The Morgan fingerprint density at radius 2 is 2.09 bits per heavy atom. The first-order chi connectivity index (χ1) is 11.3. The molecule has 126 valence electrons. The van der Waals surface area contributed by atoms with Gasteiger partial charge in [0.25, 0.3) is 0 Å². The van der Waals surface area contributed by atoms with Crippen LogP contribution in [0, 0.1) is 0 Å². The molecule has 23 heavy (non-hydrogen) atoms. The molecule has 0 bridgehead atoms. The Balaban J connectivity index is 1.22. The first-order valence-electron chi connectivity index (χ1n) is 8.84. The zero-order valence-corrected chi connectivity index (χ0v) is 13.5. The molecule has 3 aliphatic rings. The molecule has 1 aromatic heterocycles. The van der Waals surface area contributed by atoms with Gasteiger partial charge in [0.05, 0.1) is 13.1 Å². The summed E-state index contributed by atoms with van der Waals surface area (Å²) < 4.78 is 5.32. The predicted molar refractivity (Wildman–Crippen MR) is 83.7 cm³/mol. The maximum Gasteiger partial charge on any atom is 0.234 e. The number of hydrogen-bond acceptors (Lipinski definition) is 6. The molecule has 2 saturated carbocycles. The molecule has 0 spiro atoms. The summed E-state index contributed by atoms with van der Waals surface area (Å²) in [5, 5.41) is 10.5. The second kappa shape index (κ2) is 6.57. The second-order valence-electron chi connectivity index (χ2n) is 7.12. The van der Waals surface area contributed by atoms with Gasteiger partial charge in [0.2, 0.25) is 11.8 Å². The molecule has 1 aromatic rings. The minimum absolute atomic E-state index is 0.122. The van der Waals surface area contributed by atoms with Crippen molar-refractivity contribution < 1.29 is 9.32 Å². The Morgan fingerprint density at radius 1 is 1.22 bits per heavy atom. The van der Waals surface area contributed by atoms with Gasteiger partial charge in [0, 0.05) is 24.5 Å². The molecule has 1 aliphatic heterocycles. The number of likely N-dealkylation sites (tertiary alicyclic amines) is 1. The number of nitrogens with one attached hydrogen (secondary N) is 2. The van der Waals surface area contributed by atoms with Crippen LogP contribution < -0.4 is 10.6 Å². The Labute approximate surface area is 136 Å². The molecule has 2 heterocycles. The molecule has 1 unspecified atom stereocenters. The third kappa shape index (κ3) is 4.29. The van der Waals surface area contributed by atoms with E-state index >= 15 is 0 Å². The number of piperidine rings is 1. The van der Waals surface area contributed by atoms with Gasteiger partial charge in [-0.25, -0.2) is 0 Å². The average molecular weight is 319 g/mol. The van der Waals surface area contributed by atoms with Crippen molar-refractivity contribution in [2.45, 2.75) is 63.1 Å². The normalized spacial score (nSPS) is 25.5. The predicted octanol–water partition coefficient (Wildman–Crippen LogP) is 0.780. The van der Waals surface area contributed by atoms with Crippen LogP contribution in [0.15, 0.2) is 4.52 Å². The number of aromatic nitrogens is 2. The zero-order chi connectivity index (χ0) is 15.6. The molecule has 1 atom stereocenters. The lowest BCUT2D eigenvalue weighted by Crippen LogP contribution is -2.48. The zero-order valence-electron chi connectivity index (χ0n) is 13.5. The van der Waals surface area contributed by atoms with E-state index in [0.717, 1.165) is 57.0 Å². The number of carbonyl (C=O) groups excluding carboxylic acids is 1. The van der Waals surface area contributed by atoms with Gasteiger partial charge in [-0.3, -0.25) is 9.69 Å². The van der Waals surface area contributed by atoms with Gasteiger partial charge in [0.15, 0.2) is 5.82 Å². The smallest absolute Gasteiger partial charge is 0.234 e. The van der Waals surface area contributed by atoms with Crippen LogP contribution in [-0.2, 0) is 11.3 Å². The lowest BCUT2D eigenvalue weighted by Gasteiger charge is -2.32. The molecular weight excluding hydrogens is 294 g/mol. The van der Waals surface area contributed by atoms with Gasteiger partial charge in [-0.2, -0.15) is 4.98 Å². The summed E-state index contributed by atoms with van der Waals surface area (Å²) in [5.41, 5.74) is 0. The van der Waals surface area contributed by atoms with E-state index < -0.39 is 0 Å². The van der Waals surface area contributed by atoms with Crippen LogP contribution in [0.1, 0.15) is 56.2 Å². The van der Waals surface area contributed by atoms with E-state index in [4.69, 9.17) is 4.52 Å². The Kier molecular flexibility index (Phi) is 4.31. The third-order valence-corrected chi connectivity index (χ3v) is 4.77. The number of hydrogen-bond donors (Lipinski definition) is 2. The number of amides is 1. The van der Waals surface area contributed by atoms with Gasteiger partial charge in [-0.15, -0.1) is 0 Å². The molecule has 4 rings (SSSR count). The van der Waals surface area contributed by atoms with E-state index in [9.17, 15) is 4.79 Å². The quantitative estimate of drug-likeness (QED) is 0.773. The molecule has 2 aliphatic carbocycles. The minimum atomic E-state index is 0.122. The highest BCUT2D eigenvalue weighted by molar-refractivity contribution is 5.78. The third-order valence-electron chi connectivity index (χ3n) is 4.77. The van der Waals surface area contributed by atoms with Crippen LogP contribution in [0.2, 0.25) is 0 Å². The van der Waals surface area contributed by atoms with E-state index in [1.165, 1.54) is 12.8 Å². The number of rotatable bonds is 7. The van der Waals surface area contributed by atoms with Crippen molar-refractivity contribution in [1.29, 1.82) is 0 Å². The van der Waals surface area contributed by atoms with Crippen LogP contribution in [0.25, 0.3) is 0 Å². The Hall–Kier alpha value is -1.47. The highest BCUT2D eigenvalue weighted by Gasteiger charge is 2.30. The van der Waals surface area contributed by atoms with Crippen molar-refractivity contribution in [2.24, 2.45) is 0 Å². The van der Waals surface area contributed by atoms with Gasteiger partial charge in [0.1, 0.15) is 0 Å². The first-order valence-corrected chi connectivity index (χ1v) is 8.84. The van der Waals surface area contributed by atoms with Gasteiger partial charge in [-0.1, -0.05) is 5.16 Å². The van der Waals surface area contributed by atoms with E-state index in [1.54, 1.807) is 0 Å². The van der Waals surface area contributed by atoms with Crippen LogP contribution in [0.5, 0.6) is 0 Å². The maximum absolute atomic E-state index is 11.8. The summed E-state index contributed by atoms with van der Waals surface area (Å²) in [6.45, 7) is 3.15. The van der Waals surface area contributed by atoms with Crippen molar-refractivity contribution in [3.63, 3.8) is 0 Å². The van der Waals surface area contributed by atoms with Gasteiger partial charge in [-0.05, 0) is 45.1 Å². The molecule has 7 nitrogen and oxygen atoms in total. The van der Waals surface area contributed by atoms with Crippen molar-refractivity contribution in [3.8, 4) is 0 Å². The molecule has 3 fully saturated rings. The molecule has 2 N–H and O–H groups in total. The summed E-state index contributed by atoms with van der Waals surface area (Å²) in [4.78, 5) is 18.6. The number of nitrogens with zero attached hydrogens (tertiary/aromatic N) is 3. The summed E-state index contributed by atoms with van der Waals surface area (Å²) in [6, 6.07) is 0.801. The summed E-state index contributed by atoms with van der Waals surface area (Å²) in [6.07, 6.45) is 6.88. The monoisotopic (exact) mass is 319 g/mol. The Bertz CT molecular complexity index is 552. The standard InChI is InChI=1S/C16H25N5O2/c22-15(18-12-5-6-12)8-17-13-2-1-7-21(9-13)10-14-19-16(23-20-14)11-3-4-11/h11-13,17H,1-10H2,(H,18,22). The van der Waals surface area contributed by atoms with Crippen molar-refractivity contribution >= 4 is 5.91 Å². The first kappa shape index (κ1) is 15.1. The van der Waals surface area contributed by atoms with Gasteiger partial charge < -0.3 is 15.2 Å². The average Bonchev–Trinajstić information content (AvgIpc) is 3.47. The summed E-state index contributed by atoms with van der Waals surface area (Å²) >= 11 is 0. The molecule has 0 radical (unpaired) electrons. The fourth-order valence-corrected chi connectivity index (χ4v) is 3.14.